The minimum atomic E-state index is -0.203. The minimum Gasteiger partial charge on any atom is -0.465 e. The minimum absolute atomic E-state index is 0.203. The molecule has 0 amide bonds. The summed E-state index contributed by atoms with van der Waals surface area (Å²) < 4.78 is 6.77. The predicted octanol–water partition coefficient (Wildman–Crippen LogP) is 1.85. The van der Waals surface area contributed by atoms with E-state index in [4.69, 9.17) is 16.3 Å². The van der Waals surface area contributed by atoms with E-state index < -0.39 is 0 Å². The van der Waals surface area contributed by atoms with Gasteiger partial charge in [-0.2, -0.15) is 0 Å². The third kappa shape index (κ3) is 4.31. The van der Waals surface area contributed by atoms with Crippen LogP contribution < -0.4 is 0 Å². The summed E-state index contributed by atoms with van der Waals surface area (Å²) in [6, 6.07) is 0. The zero-order valence-electron chi connectivity index (χ0n) is 11.1. The third-order valence-electron chi connectivity index (χ3n) is 2.59. The Hall–Kier alpha value is -1.07. The fourth-order valence-corrected chi connectivity index (χ4v) is 1.84. The summed E-state index contributed by atoms with van der Waals surface area (Å²) in [6.45, 7) is 5.99. The van der Waals surface area contributed by atoms with E-state index in [0.717, 1.165) is 18.8 Å². The second-order valence-electron chi connectivity index (χ2n) is 4.07. The van der Waals surface area contributed by atoms with Gasteiger partial charge in [0, 0.05) is 7.05 Å². The lowest BCUT2D eigenvalue weighted by molar-refractivity contribution is -0.144. The van der Waals surface area contributed by atoms with Crippen LogP contribution in [0.1, 0.15) is 26.1 Å². The van der Waals surface area contributed by atoms with E-state index in [9.17, 15) is 4.79 Å². The van der Waals surface area contributed by atoms with Crippen molar-refractivity contribution < 1.29 is 9.53 Å². The highest BCUT2D eigenvalue weighted by atomic mass is 35.5. The van der Waals surface area contributed by atoms with E-state index in [1.807, 2.05) is 16.5 Å². The maximum Gasteiger partial charge on any atom is 0.320 e. The Morgan fingerprint density at radius 2 is 2.28 bits per heavy atom. The molecular weight excluding hydrogens is 254 g/mol. The smallest absolute Gasteiger partial charge is 0.320 e. The van der Waals surface area contributed by atoms with Crippen LogP contribution in [0.4, 0.5) is 0 Å². The average molecular weight is 274 g/mol. The van der Waals surface area contributed by atoms with Crippen molar-refractivity contribution >= 4 is 17.6 Å². The van der Waals surface area contributed by atoms with E-state index in [1.165, 1.54) is 0 Å². The summed E-state index contributed by atoms with van der Waals surface area (Å²) in [5.74, 6) is 0.643. The maximum atomic E-state index is 11.5. The lowest BCUT2D eigenvalue weighted by atomic mass is 10.4. The number of imidazole rings is 1. The van der Waals surface area contributed by atoms with Crippen LogP contribution in [0.2, 0.25) is 5.15 Å². The summed E-state index contributed by atoms with van der Waals surface area (Å²) in [5.41, 5.74) is 0. The fraction of sp³-hybridized carbons (Fsp3) is 0.667. The molecule has 0 atom stereocenters. The highest BCUT2D eigenvalue weighted by Gasteiger charge is 2.14. The number of esters is 1. The van der Waals surface area contributed by atoms with Crippen molar-refractivity contribution in [3.8, 4) is 0 Å². The molecule has 0 saturated heterocycles. The second-order valence-corrected chi connectivity index (χ2v) is 4.46. The van der Waals surface area contributed by atoms with Gasteiger partial charge in [0.05, 0.1) is 25.9 Å². The van der Waals surface area contributed by atoms with E-state index in [2.05, 4.69) is 11.9 Å². The zero-order chi connectivity index (χ0) is 13.5. The molecule has 0 aliphatic heterocycles. The van der Waals surface area contributed by atoms with E-state index >= 15 is 0 Å². The van der Waals surface area contributed by atoms with Crippen molar-refractivity contribution in [1.82, 2.24) is 14.5 Å². The van der Waals surface area contributed by atoms with Gasteiger partial charge in [-0.15, -0.1) is 0 Å². The number of hydrogen-bond donors (Lipinski definition) is 0. The molecule has 0 aromatic carbocycles. The third-order valence-corrected chi connectivity index (χ3v) is 2.94. The molecule has 5 nitrogen and oxygen atoms in total. The molecule has 6 heteroatoms. The fourth-order valence-electron chi connectivity index (χ4n) is 1.69. The van der Waals surface area contributed by atoms with Gasteiger partial charge in [-0.05, 0) is 19.9 Å². The molecule has 1 heterocycles. The molecule has 0 aliphatic rings. The van der Waals surface area contributed by atoms with Crippen LogP contribution in [0, 0.1) is 0 Å². The first-order valence-corrected chi connectivity index (χ1v) is 6.50. The molecule has 0 saturated carbocycles. The summed E-state index contributed by atoms with van der Waals surface area (Å²) in [4.78, 5) is 17.7. The maximum absolute atomic E-state index is 11.5. The van der Waals surface area contributed by atoms with Gasteiger partial charge in [0.2, 0.25) is 0 Å². The molecule has 1 aromatic heterocycles. The summed E-state index contributed by atoms with van der Waals surface area (Å²) >= 11 is 5.94. The summed E-state index contributed by atoms with van der Waals surface area (Å²) in [7, 11) is 1.86. The molecule has 0 bridgehead atoms. The molecule has 1 rings (SSSR count). The number of ether oxygens (including phenoxy) is 1. The van der Waals surface area contributed by atoms with E-state index in [-0.39, 0.29) is 12.5 Å². The topological polar surface area (TPSA) is 47.4 Å². The van der Waals surface area contributed by atoms with Gasteiger partial charge < -0.3 is 9.30 Å². The van der Waals surface area contributed by atoms with Gasteiger partial charge >= 0.3 is 5.97 Å². The number of hydrogen-bond acceptors (Lipinski definition) is 4. The standard InChI is InChI=1S/C12H20ClN3O2/c1-4-6-16(9-12(17)18-5-2)8-11-14-7-10(13)15(11)3/h7H,4-6,8-9H2,1-3H3. The summed E-state index contributed by atoms with van der Waals surface area (Å²) in [5, 5.41) is 0.595. The van der Waals surface area contributed by atoms with Gasteiger partial charge in [0.1, 0.15) is 11.0 Å². The highest BCUT2D eigenvalue weighted by molar-refractivity contribution is 6.29. The molecule has 0 spiro atoms. The largest absolute Gasteiger partial charge is 0.465 e. The molecule has 0 radical (unpaired) electrons. The molecule has 1 aromatic rings. The summed E-state index contributed by atoms with van der Waals surface area (Å²) in [6.07, 6.45) is 2.59. The normalized spacial score (nSPS) is 10.9. The number of halogens is 1. The van der Waals surface area contributed by atoms with Gasteiger partial charge in [-0.1, -0.05) is 18.5 Å². The van der Waals surface area contributed by atoms with Gasteiger partial charge in [-0.25, -0.2) is 4.98 Å². The van der Waals surface area contributed by atoms with E-state index in [1.54, 1.807) is 13.1 Å². The average Bonchev–Trinajstić information content (AvgIpc) is 2.61. The first kappa shape index (κ1) is 15.0. The molecule has 0 fully saturated rings. The number of rotatable bonds is 7. The van der Waals surface area contributed by atoms with Crippen LogP contribution >= 0.6 is 11.6 Å². The van der Waals surface area contributed by atoms with Crippen molar-refractivity contribution in [1.29, 1.82) is 0 Å². The number of aromatic nitrogens is 2. The second kappa shape index (κ2) is 7.38. The van der Waals surface area contributed by atoms with Crippen LogP contribution in [0.25, 0.3) is 0 Å². The molecular formula is C12H20ClN3O2. The van der Waals surface area contributed by atoms with Gasteiger partial charge in [0.25, 0.3) is 0 Å². The number of carbonyl (C=O) groups is 1. The van der Waals surface area contributed by atoms with Crippen molar-refractivity contribution in [2.45, 2.75) is 26.8 Å². The Bertz CT molecular complexity index is 393. The molecule has 0 unspecified atom stereocenters. The Labute approximate surface area is 113 Å². The molecule has 18 heavy (non-hydrogen) atoms. The van der Waals surface area contributed by atoms with Gasteiger partial charge in [-0.3, -0.25) is 9.69 Å². The van der Waals surface area contributed by atoms with Crippen LogP contribution in [-0.2, 0) is 23.1 Å². The molecule has 0 N–H and O–H groups in total. The monoisotopic (exact) mass is 273 g/mol. The predicted molar refractivity (Wildman–Crippen MR) is 70.4 cm³/mol. The number of nitrogens with zero attached hydrogens (tertiary/aromatic N) is 3. The van der Waals surface area contributed by atoms with Crippen molar-refractivity contribution in [2.24, 2.45) is 7.05 Å². The Balaban J connectivity index is 2.62. The lowest BCUT2D eigenvalue weighted by Crippen LogP contribution is -2.32. The van der Waals surface area contributed by atoms with Gasteiger partial charge in [0.15, 0.2) is 0 Å². The Morgan fingerprint density at radius 3 is 2.78 bits per heavy atom. The van der Waals surface area contributed by atoms with Crippen molar-refractivity contribution in [2.75, 3.05) is 19.7 Å². The highest BCUT2D eigenvalue weighted by Crippen LogP contribution is 2.11. The molecule has 0 aliphatic carbocycles. The lowest BCUT2D eigenvalue weighted by Gasteiger charge is -2.20. The van der Waals surface area contributed by atoms with Crippen molar-refractivity contribution in [3.63, 3.8) is 0 Å². The zero-order valence-corrected chi connectivity index (χ0v) is 11.9. The first-order valence-electron chi connectivity index (χ1n) is 6.12. The van der Waals surface area contributed by atoms with Crippen molar-refractivity contribution in [3.05, 3.63) is 17.2 Å². The van der Waals surface area contributed by atoms with Crippen LogP contribution in [0.15, 0.2) is 6.20 Å². The van der Waals surface area contributed by atoms with Crippen LogP contribution in [-0.4, -0.2) is 40.1 Å². The quantitative estimate of drug-likeness (QED) is 0.712. The Kier molecular flexibility index (Phi) is 6.15. The van der Waals surface area contributed by atoms with E-state index in [0.29, 0.717) is 18.3 Å². The van der Waals surface area contributed by atoms with Crippen LogP contribution in [0.5, 0.6) is 0 Å². The molecule has 102 valence electrons. The Morgan fingerprint density at radius 1 is 1.56 bits per heavy atom. The number of carbonyl (C=O) groups excluding carboxylic acids is 1. The first-order chi connectivity index (χ1) is 8.58. The SMILES string of the molecule is CCCN(CC(=O)OCC)Cc1ncc(Cl)n1C. The van der Waals surface area contributed by atoms with Crippen LogP contribution in [0.3, 0.4) is 0 Å².